The summed E-state index contributed by atoms with van der Waals surface area (Å²) in [6.07, 6.45) is -2.79. The van der Waals surface area contributed by atoms with Crippen molar-refractivity contribution in [1.82, 2.24) is 14.8 Å². The molecule has 0 bridgehead atoms. The third kappa shape index (κ3) is 3.82. The Morgan fingerprint density at radius 2 is 1.93 bits per heavy atom. The summed E-state index contributed by atoms with van der Waals surface area (Å²) in [7, 11) is 0. The second-order valence-corrected chi connectivity index (χ2v) is 6.01. The average Bonchev–Trinajstić information content (AvgIpc) is 2.66. The summed E-state index contributed by atoms with van der Waals surface area (Å²) in [6, 6.07) is 8.48. The van der Waals surface area contributed by atoms with E-state index in [9.17, 15) is 18.0 Å². The normalized spacial score (nSPS) is 11.1. The van der Waals surface area contributed by atoms with E-state index in [1.54, 1.807) is 19.1 Å². The SMILES string of the molecule is Cc1cc(C#N)ccc1Oc1cnn(-c2ccc(C(F)(F)F)cn2)c(=O)c1Cl. The van der Waals surface area contributed by atoms with E-state index in [1.165, 1.54) is 6.07 Å². The second-order valence-electron chi connectivity index (χ2n) is 5.64. The molecule has 28 heavy (non-hydrogen) atoms. The molecule has 142 valence electrons. The van der Waals surface area contributed by atoms with Gasteiger partial charge in [-0.1, -0.05) is 11.6 Å². The maximum Gasteiger partial charge on any atom is 0.417 e. The zero-order chi connectivity index (χ0) is 20.5. The number of ether oxygens (including phenoxy) is 1. The van der Waals surface area contributed by atoms with Gasteiger partial charge < -0.3 is 4.74 Å². The van der Waals surface area contributed by atoms with Crippen molar-refractivity contribution < 1.29 is 17.9 Å². The van der Waals surface area contributed by atoms with E-state index in [-0.39, 0.29) is 16.6 Å². The van der Waals surface area contributed by atoms with Crippen LogP contribution in [0.15, 0.2) is 47.5 Å². The number of nitrogens with zero attached hydrogens (tertiary/aromatic N) is 4. The van der Waals surface area contributed by atoms with Gasteiger partial charge in [-0.3, -0.25) is 4.79 Å². The highest BCUT2D eigenvalue weighted by Gasteiger charge is 2.30. The predicted molar refractivity (Wildman–Crippen MR) is 93.6 cm³/mol. The maximum atomic E-state index is 12.6. The Hall–Kier alpha value is -3.38. The highest BCUT2D eigenvalue weighted by Crippen LogP contribution is 2.30. The Morgan fingerprint density at radius 1 is 1.18 bits per heavy atom. The number of hydrogen-bond donors (Lipinski definition) is 0. The van der Waals surface area contributed by atoms with Gasteiger partial charge >= 0.3 is 6.18 Å². The van der Waals surface area contributed by atoms with E-state index >= 15 is 0 Å². The zero-order valence-corrected chi connectivity index (χ0v) is 14.9. The Bertz CT molecular complexity index is 1140. The van der Waals surface area contributed by atoms with Gasteiger partial charge in [0.1, 0.15) is 5.75 Å². The number of benzene rings is 1. The highest BCUT2D eigenvalue weighted by molar-refractivity contribution is 6.31. The minimum absolute atomic E-state index is 0.0392. The van der Waals surface area contributed by atoms with Crippen LogP contribution in [0.1, 0.15) is 16.7 Å². The number of aromatic nitrogens is 3. The van der Waals surface area contributed by atoms with Crippen LogP contribution < -0.4 is 10.3 Å². The predicted octanol–water partition coefficient (Wildman–Crippen LogP) is 4.27. The Morgan fingerprint density at radius 3 is 2.50 bits per heavy atom. The Labute approximate surface area is 161 Å². The number of halogens is 4. The van der Waals surface area contributed by atoms with Crippen LogP contribution in [-0.2, 0) is 6.18 Å². The van der Waals surface area contributed by atoms with E-state index in [0.717, 1.165) is 23.0 Å². The molecule has 0 N–H and O–H groups in total. The van der Waals surface area contributed by atoms with Crippen LogP contribution in [0.3, 0.4) is 0 Å². The van der Waals surface area contributed by atoms with Crippen molar-refractivity contribution in [2.45, 2.75) is 13.1 Å². The molecule has 0 aliphatic heterocycles. The third-order valence-corrected chi connectivity index (χ3v) is 4.05. The third-order valence-electron chi connectivity index (χ3n) is 3.70. The molecule has 2 heterocycles. The molecule has 0 aliphatic rings. The molecule has 3 aromatic rings. The topological polar surface area (TPSA) is 80.8 Å². The molecule has 1 aromatic carbocycles. The van der Waals surface area contributed by atoms with Gasteiger partial charge in [-0.2, -0.15) is 28.2 Å². The fourth-order valence-electron chi connectivity index (χ4n) is 2.28. The molecule has 0 fully saturated rings. The molecular weight excluding hydrogens is 397 g/mol. The minimum Gasteiger partial charge on any atom is -0.454 e. The number of nitriles is 1. The Balaban J connectivity index is 1.94. The van der Waals surface area contributed by atoms with Gasteiger partial charge in [0.05, 0.1) is 23.4 Å². The number of aryl methyl sites for hydroxylation is 1. The molecule has 0 radical (unpaired) electrons. The van der Waals surface area contributed by atoms with Crippen LogP contribution in [0, 0.1) is 18.3 Å². The molecule has 0 saturated heterocycles. The summed E-state index contributed by atoms with van der Waals surface area (Å²) in [5.74, 6) is 0.205. The van der Waals surface area contributed by atoms with Gasteiger partial charge in [0.2, 0.25) is 0 Å². The minimum atomic E-state index is -4.54. The molecule has 0 saturated carbocycles. The molecule has 0 atom stereocenters. The van der Waals surface area contributed by atoms with Crippen molar-refractivity contribution in [1.29, 1.82) is 5.26 Å². The number of hydrogen-bond acceptors (Lipinski definition) is 5. The summed E-state index contributed by atoms with van der Waals surface area (Å²) < 4.78 is 44.2. The first-order valence-electron chi connectivity index (χ1n) is 7.71. The number of pyridine rings is 1. The average molecular weight is 407 g/mol. The summed E-state index contributed by atoms with van der Waals surface area (Å²) in [4.78, 5) is 16.0. The van der Waals surface area contributed by atoms with Crippen LogP contribution >= 0.6 is 11.6 Å². The van der Waals surface area contributed by atoms with Gasteiger partial charge in [-0.15, -0.1) is 0 Å². The molecule has 10 heteroatoms. The molecule has 3 rings (SSSR count). The molecule has 0 amide bonds. The van der Waals surface area contributed by atoms with E-state index < -0.39 is 17.3 Å². The smallest absolute Gasteiger partial charge is 0.417 e. The zero-order valence-electron chi connectivity index (χ0n) is 14.2. The lowest BCUT2D eigenvalue weighted by atomic mass is 10.1. The lowest BCUT2D eigenvalue weighted by Gasteiger charge is -2.11. The molecule has 6 nitrogen and oxygen atoms in total. The fourth-order valence-corrected chi connectivity index (χ4v) is 2.45. The first kappa shape index (κ1) is 19.4. The van der Waals surface area contributed by atoms with Gasteiger partial charge in [-0.05, 0) is 42.8 Å². The van der Waals surface area contributed by atoms with Crippen LogP contribution in [0.25, 0.3) is 5.82 Å². The lowest BCUT2D eigenvalue weighted by molar-refractivity contribution is -0.137. The van der Waals surface area contributed by atoms with Gasteiger partial charge in [-0.25, -0.2) is 4.98 Å². The summed E-state index contributed by atoms with van der Waals surface area (Å²) >= 11 is 6.05. The van der Waals surface area contributed by atoms with Crippen molar-refractivity contribution in [3.8, 4) is 23.4 Å². The largest absolute Gasteiger partial charge is 0.454 e. The maximum absolute atomic E-state index is 12.6. The molecule has 2 aromatic heterocycles. The van der Waals surface area contributed by atoms with Crippen molar-refractivity contribution in [3.05, 3.63) is 74.8 Å². The van der Waals surface area contributed by atoms with Gasteiger partial charge in [0, 0.05) is 6.20 Å². The molecule has 0 aliphatic carbocycles. The highest BCUT2D eigenvalue weighted by atomic mass is 35.5. The van der Waals surface area contributed by atoms with Crippen molar-refractivity contribution in [2.75, 3.05) is 0 Å². The summed E-state index contributed by atoms with van der Waals surface area (Å²) in [6.45, 7) is 1.71. The fraction of sp³-hybridized carbons (Fsp3) is 0.111. The monoisotopic (exact) mass is 406 g/mol. The van der Waals surface area contributed by atoms with E-state index in [4.69, 9.17) is 21.6 Å². The van der Waals surface area contributed by atoms with Crippen molar-refractivity contribution in [3.63, 3.8) is 0 Å². The van der Waals surface area contributed by atoms with Crippen molar-refractivity contribution >= 4 is 11.6 Å². The molecule has 0 unspecified atom stereocenters. The number of alkyl halides is 3. The summed E-state index contributed by atoms with van der Waals surface area (Å²) in [5.41, 5.74) is -0.675. The lowest BCUT2D eigenvalue weighted by Crippen LogP contribution is -2.23. The van der Waals surface area contributed by atoms with Crippen LogP contribution in [-0.4, -0.2) is 14.8 Å². The first-order chi connectivity index (χ1) is 13.2. The van der Waals surface area contributed by atoms with E-state index in [0.29, 0.717) is 23.1 Å². The van der Waals surface area contributed by atoms with Crippen LogP contribution in [0.4, 0.5) is 13.2 Å². The van der Waals surface area contributed by atoms with Crippen LogP contribution in [0.2, 0.25) is 5.02 Å². The second kappa shape index (κ2) is 7.32. The summed E-state index contributed by atoms with van der Waals surface area (Å²) in [5, 5.41) is 12.4. The Kier molecular flexibility index (Phi) is 5.07. The first-order valence-corrected chi connectivity index (χ1v) is 8.08. The molecular formula is C18H10ClF3N4O2. The van der Waals surface area contributed by atoms with Gasteiger partial charge in [0.15, 0.2) is 16.6 Å². The van der Waals surface area contributed by atoms with E-state index in [2.05, 4.69) is 10.1 Å². The number of rotatable bonds is 3. The standard InChI is InChI=1S/C18H10ClF3N4O2/c1-10-6-11(7-23)2-4-13(10)28-14-9-25-26(17(27)16(14)19)15-5-3-12(8-24-15)18(20,21)22/h2-6,8-9H,1H3. The van der Waals surface area contributed by atoms with Crippen LogP contribution in [0.5, 0.6) is 11.5 Å². The van der Waals surface area contributed by atoms with Crippen molar-refractivity contribution in [2.24, 2.45) is 0 Å². The molecule has 0 spiro atoms. The quantitative estimate of drug-likeness (QED) is 0.648. The van der Waals surface area contributed by atoms with Gasteiger partial charge in [0.25, 0.3) is 5.56 Å². The van der Waals surface area contributed by atoms with E-state index in [1.807, 2.05) is 6.07 Å².